The molecule has 1 atom stereocenters. The molecule has 0 bridgehead atoms. The van der Waals surface area contributed by atoms with Crippen molar-refractivity contribution in [2.75, 3.05) is 0 Å². The molecule has 0 aliphatic heterocycles. The highest BCUT2D eigenvalue weighted by Crippen LogP contribution is 2.44. The monoisotopic (exact) mass is 208 g/mol. The molecule has 0 heterocycles. The van der Waals surface area contributed by atoms with Gasteiger partial charge in [-0.25, -0.2) is 0 Å². The minimum Gasteiger partial charge on any atom is -0.0767 e. The van der Waals surface area contributed by atoms with Gasteiger partial charge in [-0.3, -0.25) is 0 Å². The maximum atomic E-state index is 2.38. The number of rotatable bonds is 2. The molecule has 0 N–H and O–H groups in total. The van der Waals surface area contributed by atoms with E-state index in [-0.39, 0.29) is 0 Å². The van der Waals surface area contributed by atoms with Gasteiger partial charge in [-0.05, 0) is 17.5 Å². The molecule has 3 rings (SSSR count). The Morgan fingerprint density at radius 1 is 1.06 bits per heavy atom. The molecule has 0 saturated carbocycles. The van der Waals surface area contributed by atoms with Gasteiger partial charge in [0.15, 0.2) is 0 Å². The summed E-state index contributed by atoms with van der Waals surface area (Å²) in [5.74, 6) is 1.14. The van der Waals surface area contributed by atoms with Crippen molar-refractivity contribution in [2.24, 2.45) is 5.92 Å². The Morgan fingerprint density at radius 3 is 2.56 bits per heavy atom. The van der Waals surface area contributed by atoms with Crippen molar-refractivity contribution in [3.05, 3.63) is 65.3 Å². The van der Waals surface area contributed by atoms with Gasteiger partial charge in [-0.15, -0.1) is 0 Å². The Labute approximate surface area is 97.0 Å². The molecule has 0 fully saturated rings. The summed E-state index contributed by atoms with van der Waals surface area (Å²) in [5.41, 5.74) is 4.49. The minimum absolute atomic E-state index is 0.565. The van der Waals surface area contributed by atoms with E-state index >= 15 is 0 Å². The first-order chi connectivity index (χ1) is 7.90. The average Bonchev–Trinajstić information content (AvgIpc) is 2.94. The van der Waals surface area contributed by atoms with E-state index in [4.69, 9.17) is 0 Å². The summed E-state index contributed by atoms with van der Waals surface area (Å²) in [6, 6.07) is 8.79. The second-order valence-electron chi connectivity index (χ2n) is 4.53. The van der Waals surface area contributed by atoms with Crippen molar-refractivity contribution >= 4 is 6.08 Å². The minimum atomic E-state index is 0.565. The third-order valence-electron chi connectivity index (χ3n) is 3.64. The fourth-order valence-corrected chi connectivity index (χ4v) is 2.86. The maximum Gasteiger partial charge on any atom is 0.0155 e. The molecule has 0 amide bonds. The largest absolute Gasteiger partial charge is 0.0767 e. The van der Waals surface area contributed by atoms with Gasteiger partial charge in [0.2, 0.25) is 0 Å². The van der Waals surface area contributed by atoms with E-state index < -0.39 is 0 Å². The van der Waals surface area contributed by atoms with Gasteiger partial charge in [-0.2, -0.15) is 0 Å². The van der Waals surface area contributed by atoms with E-state index in [0.717, 1.165) is 6.42 Å². The zero-order valence-electron chi connectivity index (χ0n) is 9.56. The number of hydrogen-bond acceptors (Lipinski definition) is 0. The lowest BCUT2D eigenvalue weighted by Gasteiger charge is -2.20. The van der Waals surface area contributed by atoms with Crippen LogP contribution in [0.4, 0.5) is 0 Å². The van der Waals surface area contributed by atoms with E-state index in [1.54, 1.807) is 5.57 Å². The molecule has 0 heteroatoms. The first-order valence-electron chi connectivity index (χ1n) is 6.04. The standard InChI is InChI=1S/C16H16/c1-2-12-11-14-9-5-6-10-15(14)16(12)13-7-3-4-8-13/h3-11,13,16H,2H2,1H3. The molecule has 80 valence electrons. The Balaban J connectivity index is 2.06. The third kappa shape index (κ3) is 1.37. The number of fused-ring (bicyclic) bond motifs is 1. The van der Waals surface area contributed by atoms with Crippen LogP contribution in [0.15, 0.2) is 54.1 Å². The first-order valence-corrected chi connectivity index (χ1v) is 6.04. The van der Waals surface area contributed by atoms with Gasteiger partial charge in [-0.1, -0.05) is 67.1 Å². The highest BCUT2D eigenvalue weighted by Gasteiger charge is 2.28. The fourth-order valence-electron chi connectivity index (χ4n) is 2.86. The Bertz CT molecular complexity index is 477. The van der Waals surface area contributed by atoms with Crippen LogP contribution in [0.3, 0.4) is 0 Å². The zero-order chi connectivity index (χ0) is 11.0. The van der Waals surface area contributed by atoms with Crippen LogP contribution in [0, 0.1) is 5.92 Å². The summed E-state index contributed by atoms with van der Waals surface area (Å²) >= 11 is 0. The van der Waals surface area contributed by atoms with Crippen molar-refractivity contribution in [3.63, 3.8) is 0 Å². The number of hydrogen-bond donors (Lipinski definition) is 0. The summed E-state index contributed by atoms with van der Waals surface area (Å²) in [7, 11) is 0. The molecule has 1 aromatic carbocycles. The molecule has 0 nitrogen and oxygen atoms in total. The predicted octanol–water partition coefficient (Wildman–Crippen LogP) is 4.32. The first kappa shape index (κ1) is 9.65. The highest BCUT2D eigenvalue weighted by atomic mass is 14.3. The summed E-state index contributed by atoms with van der Waals surface area (Å²) in [6.07, 6.45) is 12.5. The predicted molar refractivity (Wildman–Crippen MR) is 69.2 cm³/mol. The summed E-state index contributed by atoms with van der Waals surface area (Å²) in [5, 5.41) is 0. The third-order valence-corrected chi connectivity index (χ3v) is 3.64. The quantitative estimate of drug-likeness (QED) is 0.679. The van der Waals surface area contributed by atoms with Crippen LogP contribution in [0.5, 0.6) is 0 Å². The van der Waals surface area contributed by atoms with Crippen molar-refractivity contribution in [2.45, 2.75) is 19.3 Å². The van der Waals surface area contributed by atoms with E-state index in [0.29, 0.717) is 11.8 Å². The van der Waals surface area contributed by atoms with Crippen LogP contribution < -0.4 is 0 Å². The highest BCUT2D eigenvalue weighted by molar-refractivity contribution is 5.67. The lowest BCUT2D eigenvalue weighted by Crippen LogP contribution is -2.07. The molecule has 1 unspecified atom stereocenters. The van der Waals surface area contributed by atoms with Gasteiger partial charge in [0, 0.05) is 11.8 Å². The van der Waals surface area contributed by atoms with Crippen LogP contribution in [0.2, 0.25) is 0 Å². The summed E-state index contributed by atoms with van der Waals surface area (Å²) in [4.78, 5) is 0. The van der Waals surface area contributed by atoms with Crippen LogP contribution in [0.1, 0.15) is 30.4 Å². The molecular formula is C16H16. The second-order valence-corrected chi connectivity index (χ2v) is 4.53. The van der Waals surface area contributed by atoms with Crippen molar-refractivity contribution in [1.29, 1.82) is 0 Å². The molecule has 0 radical (unpaired) electrons. The van der Waals surface area contributed by atoms with Gasteiger partial charge in [0.05, 0.1) is 0 Å². The Morgan fingerprint density at radius 2 is 1.81 bits per heavy atom. The van der Waals surface area contributed by atoms with Crippen molar-refractivity contribution in [1.82, 2.24) is 0 Å². The van der Waals surface area contributed by atoms with Gasteiger partial charge in [0.25, 0.3) is 0 Å². The maximum absolute atomic E-state index is 2.38. The second kappa shape index (κ2) is 3.79. The zero-order valence-corrected chi connectivity index (χ0v) is 9.56. The fraction of sp³-hybridized carbons (Fsp3) is 0.250. The van der Waals surface area contributed by atoms with Crippen LogP contribution in [0.25, 0.3) is 6.08 Å². The van der Waals surface area contributed by atoms with Crippen LogP contribution in [-0.4, -0.2) is 0 Å². The molecule has 1 aromatic rings. The van der Waals surface area contributed by atoms with E-state index in [2.05, 4.69) is 61.6 Å². The van der Waals surface area contributed by atoms with Gasteiger partial charge < -0.3 is 0 Å². The molecule has 0 aromatic heterocycles. The molecule has 2 aliphatic carbocycles. The lowest BCUT2D eigenvalue weighted by molar-refractivity contribution is 0.672. The molecule has 2 aliphatic rings. The lowest BCUT2D eigenvalue weighted by atomic mass is 9.83. The topological polar surface area (TPSA) is 0 Å². The number of benzene rings is 1. The Kier molecular flexibility index (Phi) is 2.28. The SMILES string of the molecule is CCC1=Cc2ccccc2C1C1C=CC=C1. The van der Waals surface area contributed by atoms with E-state index in [1.165, 1.54) is 11.1 Å². The van der Waals surface area contributed by atoms with Crippen molar-refractivity contribution < 1.29 is 0 Å². The summed E-state index contributed by atoms with van der Waals surface area (Å²) < 4.78 is 0. The van der Waals surface area contributed by atoms with Gasteiger partial charge >= 0.3 is 0 Å². The normalized spacial score (nSPS) is 22.6. The van der Waals surface area contributed by atoms with E-state index in [1.807, 2.05) is 0 Å². The van der Waals surface area contributed by atoms with Crippen molar-refractivity contribution in [3.8, 4) is 0 Å². The average molecular weight is 208 g/mol. The van der Waals surface area contributed by atoms with Crippen LogP contribution >= 0.6 is 0 Å². The van der Waals surface area contributed by atoms with Gasteiger partial charge in [0.1, 0.15) is 0 Å². The van der Waals surface area contributed by atoms with Crippen LogP contribution in [-0.2, 0) is 0 Å². The molecule has 16 heavy (non-hydrogen) atoms. The Hall–Kier alpha value is -1.56. The smallest absolute Gasteiger partial charge is 0.0155 e. The molecule has 0 spiro atoms. The number of allylic oxidation sites excluding steroid dienone is 5. The molecular weight excluding hydrogens is 192 g/mol. The van der Waals surface area contributed by atoms with E-state index in [9.17, 15) is 0 Å². The molecule has 0 saturated heterocycles. The summed E-state index contributed by atoms with van der Waals surface area (Å²) in [6.45, 7) is 2.26.